The van der Waals surface area contributed by atoms with E-state index in [2.05, 4.69) is 5.32 Å². The van der Waals surface area contributed by atoms with Crippen molar-refractivity contribution in [2.45, 2.75) is 13.5 Å². The Kier molecular flexibility index (Phi) is 5.21. The summed E-state index contributed by atoms with van der Waals surface area (Å²) in [4.78, 5) is 24.4. The van der Waals surface area contributed by atoms with Crippen molar-refractivity contribution in [3.63, 3.8) is 0 Å². The summed E-state index contributed by atoms with van der Waals surface area (Å²) in [6.45, 7) is 1.51. The van der Waals surface area contributed by atoms with E-state index in [1.165, 1.54) is 31.2 Å². The van der Waals surface area contributed by atoms with Gasteiger partial charge >= 0.3 is 0 Å². The lowest BCUT2D eigenvalue weighted by Crippen LogP contribution is -2.30. The maximum Gasteiger partial charge on any atom is 0.253 e. The quantitative estimate of drug-likeness (QED) is 0.840. The topological polar surface area (TPSA) is 83.6 Å². The molecule has 1 fully saturated rings. The molecule has 0 aromatic heterocycles. The molecule has 0 spiro atoms. The van der Waals surface area contributed by atoms with Gasteiger partial charge in [-0.05, 0) is 24.3 Å². The molecule has 1 aliphatic heterocycles. The van der Waals surface area contributed by atoms with Crippen LogP contribution in [0.4, 0.5) is 10.1 Å². The highest BCUT2D eigenvalue weighted by molar-refractivity contribution is 7.94. The first-order valence-corrected chi connectivity index (χ1v) is 10.1. The molecule has 2 amide bonds. The summed E-state index contributed by atoms with van der Waals surface area (Å²) in [6, 6.07) is 9.97. The van der Waals surface area contributed by atoms with Crippen LogP contribution >= 0.6 is 11.6 Å². The maximum atomic E-state index is 13.6. The molecule has 2 aromatic rings. The summed E-state index contributed by atoms with van der Waals surface area (Å²) in [5.74, 6) is -2.43. The summed E-state index contributed by atoms with van der Waals surface area (Å²) in [5, 5.41) is 2.54. The average molecular weight is 411 g/mol. The molecule has 3 rings (SSSR count). The van der Waals surface area contributed by atoms with Crippen LogP contribution in [0.3, 0.4) is 0 Å². The molecule has 1 N–H and O–H groups in total. The van der Waals surface area contributed by atoms with Crippen molar-refractivity contribution in [1.82, 2.24) is 5.32 Å². The van der Waals surface area contributed by atoms with Crippen LogP contribution < -0.4 is 9.62 Å². The largest absolute Gasteiger partial charge is 0.348 e. The van der Waals surface area contributed by atoms with Crippen molar-refractivity contribution in [1.29, 1.82) is 0 Å². The van der Waals surface area contributed by atoms with Crippen molar-refractivity contribution in [2.24, 2.45) is 5.92 Å². The number of benzene rings is 2. The number of hydrogen-bond donors (Lipinski definition) is 1. The third-order valence-corrected chi connectivity index (χ3v) is 6.37. The van der Waals surface area contributed by atoms with E-state index >= 15 is 0 Å². The molecule has 1 atom stereocenters. The van der Waals surface area contributed by atoms with Gasteiger partial charge in [-0.15, -0.1) is 0 Å². The number of nitrogens with zero attached hydrogens (tertiary/aromatic N) is 1. The fourth-order valence-corrected chi connectivity index (χ4v) is 4.89. The highest BCUT2D eigenvalue weighted by Crippen LogP contribution is 2.31. The Morgan fingerprint density at radius 1 is 1.30 bits per heavy atom. The molecule has 27 heavy (non-hydrogen) atoms. The monoisotopic (exact) mass is 410 g/mol. The molecule has 0 aliphatic carbocycles. The molecular formula is C18H16ClFN2O4S. The van der Waals surface area contributed by atoms with E-state index in [0.29, 0.717) is 9.87 Å². The van der Waals surface area contributed by atoms with Gasteiger partial charge in [-0.1, -0.05) is 36.7 Å². The normalized spacial score (nSPS) is 18.6. The van der Waals surface area contributed by atoms with Crippen LogP contribution in [0.25, 0.3) is 0 Å². The number of nitrogens with one attached hydrogen (secondary N) is 1. The highest BCUT2D eigenvalue weighted by atomic mass is 35.5. The van der Waals surface area contributed by atoms with Gasteiger partial charge in [-0.25, -0.2) is 17.1 Å². The summed E-state index contributed by atoms with van der Waals surface area (Å²) in [6.07, 6.45) is 0. The Morgan fingerprint density at radius 3 is 2.59 bits per heavy atom. The number of anilines is 1. The molecular weight excluding hydrogens is 395 g/mol. The third-order valence-electron chi connectivity index (χ3n) is 4.19. The van der Waals surface area contributed by atoms with Gasteiger partial charge in [0.1, 0.15) is 5.82 Å². The lowest BCUT2D eigenvalue weighted by molar-refractivity contribution is -0.119. The maximum absolute atomic E-state index is 13.6. The van der Waals surface area contributed by atoms with Crippen molar-refractivity contribution >= 4 is 39.1 Å². The van der Waals surface area contributed by atoms with Crippen LogP contribution in [0.2, 0.25) is 5.02 Å². The SMILES string of the molecule is C[C@H]1CS(=O)(=O)N(c2ccc(C(=O)NCc3ccccc3F)c(Cl)c2)C1=O. The summed E-state index contributed by atoms with van der Waals surface area (Å²) in [5.41, 5.74) is 0.496. The Balaban J connectivity index is 1.80. The third kappa shape index (κ3) is 3.81. The number of sulfonamides is 1. The number of rotatable bonds is 4. The van der Waals surface area contributed by atoms with E-state index in [1.54, 1.807) is 18.2 Å². The van der Waals surface area contributed by atoms with E-state index in [1.807, 2.05) is 0 Å². The van der Waals surface area contributed by atoms with Crippen LogP contribution in [0, 0.1) is 11.7 Å². The average Bonchev–Trinajstić information content (AvgIpc) is 2.81. The smallest absolute Gasteiger partial charge is 0.253 e. The molecule has 1 aliphatic rings. The van der Waals surface area contributed by atoms with E-state index < -0.39 is 33.6 Å². The van der Waals surface area contributed by atoms with Crippen LogP contribution in [0.5, 0.6) is 0 Å². The van der Waals surface area contributed by atoms with Gasteiger partial charge in [0.05, 0.1) is 27.9 Å². The number of carbonyl (C=O) groups excluding carboxylic acids is 2. The summed E-state index contributed by atoms with van der Waals surface area (Å²) < 4.78 is 38.6. The lowest BCUT2D eigenvalue weighted by Gasteiger charge is -2.16. The molecule has 0 radical (unpaired) electrons. The molecule has 0 bridgehead atoms. The minimum absolute atomic E-state index is 0.0129. The molecule has 1 saturated heterocycles. The van der Waals surface area contributed by atoms with Gasteiger partial charge < -0.3 is 5.32 Å². The second kappa shape index (κ2) is 7.28. The van der Waals surface area contributed by atoms with Crippen molar-refractivity contribution in [2.75, 3.05) is 10.1 Å². The van der Waals surface area contributed by atoms with E-state index in [0.717, 1.165) is 0 Å². The van der Waals surface area contributed by atoms with Crippen LogP contribution in [-0.2, 0) is 21.4 Å². The first-order valence-electron chi connectivity index (χ1n) is 8.08. The minimum Gasteiger partial charge on any atom is -0.348 e. The minimum atomic E-state index is -3.76. The van der Waals surface area contributed by atoms with Gasteiger partial charge in [0.2, 0.25) is 15.9 Å². The van der Waals surface area contributed by atoms with Crippen molar-refractivity contribution in [3.05, 3.63) is 64.4 Å². The molecule has 2 aromatic carbocycles. The number of carbonyl (C=O) groups is 2. The standard InChI is InChI=1S/C18H16ClFN2O4S/c1-11-10-27(25,26)22(18(11)24)13-6-7-14(15(19)8-13)17(23)21-9-12-4-2-3-5-16(12)20/h2-8,11H,9-10H2,1H3,(H,21,23)/t11-/m0/s1. The molecule has 1 heterocycles. The van der Waals surface area contributed by atoms with Crippen molar-refractivity contribution in [3.8, 4) is 0 Å². The first kappa shape index (κ1) is 19.3. The number of amides is 2. The number of halogens is 2. The number of hydrogen-bond acceptors (Lipinski definition) is 4. The fourth-order valence-electron chi connectivity index (χ4n) is 2.81. The predicted molar refractivity (Wildman–Crippen MR) is 99.5 cm³/mol. The molecule has 9 heteroatoms. The summed E-state index contributed by atoms with van der Waals surface area (Å²) in [7, 11) is -3.76. The highest BCUT2D eigenvalue weighted by Gasteiger charge is 2.42. The molecule has 142 valence electrons. The zero-order chi connectivity index (χ0) is 19.8. The van der Waals surface area contributed by atoms with E-state index in [9.17, 15) is 22.4 Å². The van der Waals surface area contributed by atoms with Gasteiger partial charge in [0.25, 0.3) is 5.91 Å². The second-order valence-electron chi connectivity index (χ2n) is 6.22. The Labute approximate surface area is 161 Å². The van der Waals surface area contributed by atoms with Crippen LogP contribution in [0.1, 0.15) is 22.8 Å². The Bertz CT molecular complexity index is 1030. The first-order chi connectivity index (χ1) is 12.7. The zero-order valence-electron chi connectivity index (χ0n) is 14.3. The zero-order valence-corrected chi connectivity index (χ0v) is 15.8. The van der Waals surface area contributed by atoms with E-state index in [4.69, 9.17) is 11.6 Å². The lowest BCUT2D eigenvalue weighted by atomic mass is 10.1. The van der Waals surface area contributed by atoms with E-state index in [-0.39, 0.29) is 28.6 Å². The predicted octanol–water partition coefficient (Wildman–Crippen LogP) is 2.72. The summed E-state index contributed by atoms with van der Waals surface area (Å²) >= 11 is 6.13. The van der Waals surface area contributed by atoms with Crippen LogP contribution in [0.15, 0.2) is 42.5 Å². The Morgan fingerprint density at radius 2 is 2.00 bits per heavy atom. The van der Waals surface area contributed by atoms with Crippen LogP contribution in [-0.4, -0.2) is 26.0 Å². The fraction of sp³-hybridized carbons (Fsp3) is 0.222. The van der Waals surface area contributed by atoms with Gasteiger partial charge in [-0.3, -0.25) is 9.59 Å². The molecule has 0 unspecified atom stereocenters. The molecule has 0 saturated carbocycles. The van der Waals surface area contributed by atoms with Gasteiger partial charge in [0, 0.05) is 12.1 Å². The van der Waals surface area contributed by atoms with Crippen molar-refractivity contribution < 1.29 is 22.4 Å². The Hall–Kier alpha value is -2.45. The van der Waals surface area contributed by atoms with Gasteiger partial charge in [0.15, 0.2) is 0 Å². The second-order valence-corrected chi connectivity index (χ2v) is 8.49. The van der Waals surface area contributed by atoms with Gasteiger partial charge in [-0.2, -0.15) is 0 Å². The molecule has 6 nitrogen and oxygen atoms in total.